The number of nitrogens with one attached hydrogen (secondary N) is 3. The van der Waals surface area contributed by atoms with Crippen molar-refractivity contribution in [3.63, 3.8) is 0 Å². The second-order valence-corrected chi connectivity index (χ2v) is 5.05. The predicted octanol–water partition coefficient (Wildman–Crippen LogP) is -0.428. The number of hydrogen-bond acceptors (Lipinski definition) is 3. The molecule has 0 aromatic heterocycles. The summed E-state index contributed by atoms with van der Waals surface area (Å²) in [4.78, 5) is 0. The van der Waals surface area contributed by atoms with Crippen LogP contribution in [0.3, 0.4) is 0 Å². The highest BCUT2D eigenvalue weighted by molar-refractivity contribution is 7.87. The minimum absolute atomic E-state index is 0.0292. The van der Waals surface area contributed by atoms with Crippen LogP contribution in [-0.2, 0) is 10.2 Å². The standard InChI is InChI=1S/C8H19N3O2S/c1-2-10-14(12,13)11-8-5-3-4-6-9-7-8/h8-11H,2-7H2,1H3. The summed E-state index contributed by atoms with van der Waals surface area (Å²) in [6.45, 7) is 3.91. The lowest BCUT2D eigenvalue weighted by atomic mass is 10.2. The lowest BCUT2D eigenvalue weighted by molar-refractivity contribution is 0.513. The quantitative estimate of drug-likeness (QED) is 0.603. The van der Waals surface area contributed by atoms with Gasteiger partial charge in [0, 0.05) is 19.1 Å². The summed E-state index contributed by atoms with van der Waals surface area (Å²) >= 11 is 0. The van der Waals surface area contributed by atoms with Gasteiger partial charge in [-0.2, -0.15) is 13.1 Å². The minimum atomic E-state index is -3.29. The van der Waals surface area contributed by atoms with Gasteiger partial charge in [-0.3, -0.25) is 0 Å². The van der Waals surface area contributed by atoms with Crippen LogP contribution in [0.2, 0.25) is 0 Å². The third-order valence-electron chi connectivity index (χ3n) is 2.20. The first-order valence-corrected chi connectivity index (χ1v) is 6.60. The summed E-state index contributed by atoms with van der Waals surface area (Å²) in [5.41, 5.74) is 0. The van der Waals surface area contributed by atoms with Crippen LogP contribution >= 0.6 is 0 Å². The van der Waals surface area contributed by atoms with Crippen LogP contribution in [0.25, 0.3) is 0 Å². The molecule has 1 atom stereocenters. The van der Waals surface area contributed by atoms with Gasteiger partial charge in [-0.05, 0) is 19.4 Å². The van der Waals surface area contributed by atoms with Gasteiger partial charge in [0.25, 0.3) is 10.2 Å². The molecule has 1 aliphatic heterocycles. The Morgan fingerprint density at radius 1 is 1.43 bits per heavy atom. The molecule has 1 fully saturated rings. The maximum absolute atomic E-state index is 11.4. The lowest BCUT2D eigenvalue weighted by Gasteiger charge is -2.16. The Morgan fingerprint density at radius 2 is 2.21 bits per heavy atom. The molecule has 1 rings (SSSR count). The van der Waals surface area contributed by atoms with Crippen molar-refractivity contribution >= 4 is 10.2 Å². The molecule has 1 heterocycles. The van der Waals surface area contributed by atoms with Crippen molar-refractivity contribution in [2.45, 2.75) is 32.2 Å². The average Bonchev–Trinajstić information content (AvgIpc) is 2.31. The number of rotatable bonds is 4. The molecule has 0 radical (unpaired) electrons. The average molecular weight is 221 g/mol. The first kappa shape index (κ1) is 11.9. The molecule has 3 N–H and O–H groups in total. The van der Waals surface area contributed by atoms with Crippen LogP contribution in [0, 0.1) is 0 Å². The zero-order valence-corrected chi connectivity index (χ0v) is 9.36. The molecule has 1 aliphatic rings. The molecule has 14 heavy (non-hydrogen) atoms. The molecular formula is C8H19N3O2S. The van der Waals surface area contributed by atoms with E-state index in [1.165, 1.54) is 0 Å². The highest BCUT2D eigenvalue weighted by atomic mass is 32.2. The van der Waals surface area contributed by atoms with E-state index in [-0.39, 0.29) is 6.04 Å². The molecular weight excluding hydrogens is 202 g/mol. The summed E-state index contributed by atoms with van der Waals surface area (Å²) in [7, 11) is -3.29. The Hall–Kier alpha value is -0.170. The topological polar surface area (TPSA) is 70.2 Å². The summed E-state index contributed by atoms with van der Waals surface area (Å²) in [6, 6.07) is 0.0292. The van der Waals surface area contributed by atoms with Gasteiger partial charge in [-0.1, -0.05) is 13.3 Å². The highest BCUT2D eigenvalue weighted by Crippen LogP contribution is 2.04. The van der Waals surface area contributed by atoms with E-state index in [9.17, 15) is 8.42 Å². The monoisotopic (exact) mass is 221 g/mol. The lowest BCUT2D eigenvalue weighted by Crippen LogP contribution is -2.46. The van der Waals surface area contributed by atoms with E-state index in [2.05, 4.69) is 14.8 Å². The van der Waals surface area contributed by atoms with Crippen LogP contribution in [0.4, 0.5) is 0 Å². The maximum Gasteiger partial charge on any atom is 0.277 e. The first-order chi connectivity index (χ1) is 6.64. The fourth-order valence-electron chi connectivity index (χ4n) is 1.57. The van der Waals surface area contributed by atoms with Crippen molar-refractivity contribution in [3.05, 3.63) is 0 Å². The molecule has 84 valence electrons. The van der Waals surface area contributed by atoms with Gasteiger partial charge in [0.05, 0.1) is 0 Å². The van der Waals surface area contributed by atoms with Gasteiger partial charge in [0.15, 0.2) is 0 Å². The van der Waals surface area contributed by atoms with Gasteiger partial charge in [-0.25, -0.2) is 4.72 Å². The molecule has 0 aromatic carbocycles. The Labute approximate surface area is 85.8 Å². The fraction of sp³-hybridized carbons (Fsp3) is 1.00. The van der Waals surface area contributed by atoms with Crippen molar-refractivity contribution < 1.29 is 8.42 Å². The molecule has 0 aliphatic carbocycles. The van der Waals surface area contributed by atoms with Crippen LogP contribution in [-0.4, -0.2) is 34.1 Å². The second-order valence-electron chi connectivity index (χ2n) is 3.52. The van der Waals surface area contributed by atoms with E-state index < -0.39 is 10.2 Å². The van der Waals surface area contributed by atoms with Crippen molar-refractivity contribution in [2.75, 3.05) is 19.6 Å². The molecule has 1 saturated heterocycles. The van der Waals surface area contributed by atoms with E-state index in [1.54, 1.807) is 6.92 Å². The van der Waals surface area contributed by atoms with E-state index in [4.69, 9.17) is 0 Å². The minimum Gasteiger partial charge on any atom is -0.315 e. The third-order valence-corrected chi connectivity index (χ3v) is 3.52. The predicted molar refractivity (Wildman–Crippen MR) is 56.2 cm³/mol. The summed E-state index contributed by atoms with van der Waals surface area (Å²) < 4.78 is 27.8. The van der Waals surface area contributed by atoms with Crippen molar-refractivity contribution in [2.24, 2.45) is 0 Å². The summed E-state index contributed by atoms with van der Waals surface area (Å²) in [6.07, 6.45) is 3.11. The van der Waals surface area contributed by atoms with Gasteiger partial charge in [0.1, 0.15) is 0 Å². The van der Waals surface area contributed by atoms with Gasteiger partial charge < -0.3 is 5.32 Å². The van der Waals surface area contributed by atoms with E-state index in [0.29, 0.717) is 6.54 Å². The SMILES string of the molecule is CCNS(=O)(=O)NC1CCCCNC1. The van der Waals surface area contributed by atoms with E-state index >= 15 is 0 Å². The Morgan fingerprint density at radius 3 is 2.93 bits per heavy atom. The van der Waals surface area contributed by atoms with Crippen molar-refractivity contribution in [1.29, 1.82) is 0 Å². The molecule has 0 bridgehead atoms. The Kier molecular flexibility index (Phi) is 4.80. The third kappa shape index (κ3) is 4.36. The van der Waals surface area contributed by atoms with E-state index in [1.807, 2.05) is 0 Å². The molecule has 5 nitrogen and oxygen atoms in total. The Bertz CT molecular complexity index is 245. The smallest absolute Gasteiger partial charge is 0.277 e. The Balaban J connectivity index is 2.41. The van der Waals surface area contributed by atoms with E-state index in [0.717, 1.165) is 32.4 Å². The van der Waals surface area contributed by atoms with Crippen LogP contribution in [0.5, 0.6) is 0 Å². The molecule has 6 heteroatoms. The maximum atomic E-state index is 11.4. The summed E-state index contributed by atoms with van der Waals surface area (Å²) in [5, 5.41) is 3.21. The zero-order valence-electron chi connectivity index (χ0n) is 8.54. The van der Waals surface area contributed by atoms with Crippen LogP contribution in [0.15, 0.2) is 0 Å². The zero-order chi connectivity index (χ0) is 10.4. The highest BCUT2D eigenvalue weighted by Gasteiger charge is 2.17. The van der Waals surface area contributed by atoms with Crippen molar-refractivity contribution in [1.82, 2.24) is 14.8 Å². The molecule has 1 unspecified atom stereocenters. The molecule has 0 amide bonds. The van der Waals surface area contributed by atoms with Crippen LogP contribution in [0.1, 0.15) is 26.2 Å². The first-order valence-electron chi connectivity index (χ1n) is 5.11. The molecule has 0 saturated carbocycles. The largest absolute Gasteiger partial charge is 0.315 e. The van der Waals surface area contributed by atoms with Gasteiger partial charge in [-0.15, -0.1) is 0 Å². The second kappa shape index (κ2) is 5.65. The fourth-order valence-corrected chi connectivity index (χ4v) is 2.67. The molecule has 0 aromatic rings. The van der Waals surface area contributed by atoms with Gasteiger partial charge in [0.2, 0.25) is 0 Å². The van der Waals surface area contributed by atoms with Gasteiger partial charge >= 0.3 is 0 Å². The molecule has 0 spiro atoms. The summed E-state index contributed by atoms with van der Waals surface area (Å²) in [5.74, 6) is 0. The van der Waals surface area contributed by atoms with Crippen molar-refractivity contribution in [3.8, 4) is 0 Å². The number of hydrogen-bond donors (Lipinski definition) is 3. The van der Waals surface area contributed by atoms with Crippen LogP contribution < -0.4 is 14.8 Å². The normalized spacial score (nSPS) is 24.5.